The minimum atomic E-state index is -3.21. The van der Waals surface area contributed by atoms with E-state index in [0.29, 0.717) is 12.1 Å². The summed E-state index contributed by atoms with van der Waals surface area (Å²) in [6.45, 7) is 1.81. The molecule has 1 saturated heterocycles. The van der Waals surface area contributed by atoms with Gasteiger partial charge >= 0.3 is 5.97 Å². The van der Waals surface area contributed by atoms with Gasteiger partial charge in [-0.05, 0) is 31.0 Å². The maximum Gasteiger partial charge on any atom is 0.326 e. The lowest BCUT2D eigenvalue weighted by Crippen LogP contribution is -2.42. The van der Waals surface area contributed by atoms with Crippen molar-refractivity contribution in [3.8, 4) is 5.75 Å². The number of halogens is 2. The average Bonchev–Trinajstić information content (AvgIpc) is 2.89. The second kappa shape index (κ2) is 7.72. The predicted molar refractivity (Wildman–Crippen MR) is 92.8 cm³/mol. The molecule has 1 aromatic rings. The molecule has 1 aliphatic heterocycles. The summed E-state index contributed by atoms with van der Waals surface area (Å²) in [6, 6.07) is 4.38. The lowest BCUT2D eigenvalue weighted by atomic mass is 10.1. The van der Waals surface area contributed by atoms with Crippen LogP contribution in [0.25, 0.3) is 0 Å². The third-order valence-electron chi connectivity index (χ3n) is 3.66. The number of anilines is 1. The fourth-order valence-corrected chi connectivity index (χ4v) is 4.51. The Labute approximate surface area is 150 Å². The minimum absolute atomic E-state index is 0.00630. The molecule has 1 amide bonds. The predicted octanol–water partition coefficient (Wildman–Crippen LogP) is 1.90. The maximum atomic E-state index is 12.4. The van der Waals surface area contributed by atoms with Crippen LogP contribution in [-0.2, 0) is 19.4 Å². The fraction of sp³-hybridized carbons (Fsp3) is 0.467. The molecule has 1 fully saturated rings. The fourth-order valence-electron chi connectivity index (χ4n) is 2.63. The quantitative estimate of drug-likeness (QED) is 0.433. The summed E-state index contributed by atoms with van der Waals surface area (Å²) in [6.07, 6.45) is 0.307. The summed E-state index contributed by atoms with van der Waals surface area (Å²) in [5, 5.41) is 0. The highest BCUT2D eigenvalue weighted by Gasteiger charge is 2.36. The number of carbonyl (C=O) groups is 2. The van der Waals surface area contributed by atoms with Gasteiger partial charge in [-0.3, -0.25) is 9.59 Å². The van der Waals surface area contributed by atoms with Crippen LogP contribution in [-0.4, -0.2) is 49.6 Å². The number of ether oxygens (including phenoxy) is 1. The van der Waals surface area contributed by atoms with E-state index in [2.05, 4.69) is 0 Å². The Hall–Kier alpha value is -1.31. The zero-order valence-electron chi connectivity index (χ0n) is 13.0. The van der Waals surface area contributed by atoms with E-state index in [1.807, 2.05) is 6.92 Å². The molecule has 1 atom stereocenters. The van der Waals surface area contributed by atoms with Crippen molar-refractivity contribution >= 4 is 50.6 Å². The van der Waals surface area contributed by atoms with Crippen molar-refractivity contribution < 1.29 is 22.7 Å². The summed E-state index contributed by atoms with van der Waals surface area (Å²) in [5.41, 5.74) is 1.14. The van der Waals surface area contributed by atoms with Crippen molar-refractivity contribution in [1.82, 2.24) is 0 Å². The molecule has 0 aliphatic carbocycles. The molecule has 24 heavy (non-hydrogen) atoms. The highest BCUT2D eigenvalue weighted by Crippen LogP contribution is 2.34. The topological polar surface area (TPSA) is 80.8 Å². The van der Waals surface area contributed by atoms with Crippen LogP contribution in [0.2, 0.25) is 0 Å². The van der Waals surface area contributed by atoms with E-state index < -0.39 is 27.8 Å². The highest BCUT2D eigenvalue weighted by molar-refractivity contribution is 7.91. The van der Waals surface area contributed by atoms with Gasteiger partial charge in [0, 0.05) is 0 Å². The van der Waals surface area contributed by atoms with Crippen LogP contribution in [0.4, 0.5) is 5.69 Å². The van der Waals surface area contributed by atoms with Gasteiger partial charge in [0.1, 0.15) is 11.8 Å². The third-order valence-corrected chi connectivity index (χ3v) is 5.86. The average molecular weight is 394 g/mol. The number of sulfone groups is 1. The first kappa shape index (κ1) is 19.0. The molecule has 0 radical (unpaired) electrons. The van der Waals surface area contributed by atoms with Gasteiger partial charge in [0.2, 0.25) is 5.91 Å². The van der Waals surface area contributed by atoms with Crippen LogP contribution in [0.1, 0.15) is 12.0 Å². The van der Waals surface area contributed by atoms with Gasteiger partial charge in [-0.25, -0.2) is 8.42 Å². The number of rotatable bonds is 5. The van der Waals surface area contributed by atoms with Crippen LogP contribution < -0.4 is 9.64 Å². The Bertz CT molecular complexity index is 750. The summed E-state index contributed by atoms with van der Waals surface area (Å²) < 4.78 is 28.8. The molecule has 0 spiro atoms. The zero-order valence-corrected chi connectivity index (χ0v) is 15.3. The van der Waals surface area contributed by atoms with Gasteiger partial charge < -0.3 is 9.64 Å². The molecule has 0 bridgehead atoms. The lowest BCUT2D eigenvalue weighted by Gasteiger charge is -2.29. The van der Waals surface area contributed by atoms with Crippen LogP contribution >= 0.6 is 23.2 Å². The molecule has 9 heteroatoms. The van der Waals surface area contributed by atoms with Gasteiger partial charge in [0.25, 0.3) is 0 Å². The van der Waals surface area contributed by atoms with Gasteiger partial charge in [-0.15, -0.1) is 23.2 Å². The third kappa shape index (κ3) is 4.40. The molecule has 132 valence electrons. The molecule has 6 nitrogen and oxygen atoms in total. The van der Waals surface area contributed by atoms with E-state index in [4.69, 9.17) is 27.9 Å². The van der Waals surface area contributed by atoms with E-state index >= 15 is 0 Å². The van der Waals surface area contributed by atoms with Crippen LogP contribution in [0.15, 0.2) is 18.2 Å². The van der Waals surface area contributed by atoms with Crippen LogP contribution in [0.5, 0.6) is 5.75 Å². The lowest BCUT2D eigenvalue weighted by molar-refractivity contribution is -0.131. The Morgan fingerprint density at radius 3 is 2.54 bits per heavy atom. The second-order valence-corrected chi connectivity index (χ2v) is 8.30. The number of hydrogen-bond donors (Lipinski definition) is 0. The van der Waals surface area contributed by atoms with Gasteiger partial charge in [-0.2, -0.15) is 0 Å². The van der Waals surface area contributed by atoms with E-state index in [9.17, 15) is 18.0 Å². The molecular formula is C15H17Cl2NO5S. The van der Waals surface area contributed by atoms with Crippen molar-refractivity contribution in [3.63, 3.8) is 0 Å². The molecule has 1 heterocycles. The maximum absolute atomic E-state index is 12.4. The summed E-state index contributed by atoms with van der Waals surface area (Å²) in [7, 11) is -3.21. The number of benzene rings is 1. The summed E-state index contributed by atoms with van der Waals surface area (Å²) in [4.78, 5) is 25.2. The molecule has 0 saturated carbocycles. The molecule has 2 rings (SSSR count). The number of hydrogen-bond acceptors (Lipinski definition) is 5. The van der Waals surface area contributed by atoms with E-state index in [-0.39, 0.29) is 29.0 Å². The number of nitrogens with zero attached hydrogens (tertiary/aromatic N) is 1. The van der Waals surface area contributed by atoms with Crippen molar-refractivity contribution in [2.75, 3.05) is 28.2 Å². The van der Waals surface area contributed by atoms with Crippen molar-refractivity contribution in [2.45, 2.75) is 19.4 Å². The van der Waals surface area contributed by atoms with E-state index in [1.54, 1.807) is 18.2 Å². The molecule has 0 aromatic heterocycles. The van der Waals surface area contributed by atoms with Crippen molar-refractivity contribution in [3.05, 3.63) is 23.8 Å². The Kier molecular flexibility index (Phi) is 6.11. The normalized spacial score (nSPS) is 19.0. The number of esters is 1. The zero-order chi connectivity index (χ0) is 17.9. The summed E-state index contributed by atoms with van der Waals surface area (Å²) in [5.74, 6) is -1.76. The largest absolute Gasteiger partial charge is 0.423 e. The molecule has 1 aliphatic rings. The van der Waals surface area contributed by atoms with E-state index in [1.165, 1.54) is 4.90 Å². The summed E-state index contributed by atoms with van der Waals surface area (Å²) >= 11 is 11.2. The van der Waals surface area contributed by atoms with Crippen LogP contribution in [0, 0.1) is 6.92 Å². The Morgan fingerprint density at radius 2 is 2.00 bits per heavy atom. The number of aryl methyl sites for hydroxylation is 1. The number of amides is 1. The number of carbonyl (C=O) groups excluding carboxylic acids is 2. The molecular weight excluding hydrogens is 377 g/mol. The Balaban J connectivity index is 2.47. The molecule has 0 N–H and O–H groups in total. The molecule has 0 unspecified atom stereocenters. The van der Waals surface area contributed by atoms with Crippen LogP contribution in [0.3, 0.4) is 0 Å². The highest BCUT2D eigenvalue weighted by atomic mass is 35.5. The smallest absolute Gasteiger partial charge is 0.326 e. The SMILES string of the molecule is Cc1ccc(OC(=O)CCl)c(N(C(=O)CCl)[C@@H]2CCS(=O)(=O)C2)c1. The van der Waals surface area contributed by atoms with Crippen molar-refractivity contribution in [1.29, 1.82) is 0 Å². The minimum Gasteiger partial charge on any atom is -0.423 e. The standard InChI is InChI=1S/C15H17Cl2NO5S/c1-10-2-3-13(23-15(20)8-17)12(6-10)18(14(19)7-16)11-4-5-24(21,22)9-11/h2-3,6,11H,4-5,7-9H2,1H3/t11-/m1/s1. The van der Waals surface area contributed by atoms with Gasteiger partial charge in [0.15, 0.2) is 15.6 Å². The first-order valence-corrected chi connectivity index (χ1v) is 10.1. The monoisotopic (exact) mass is 393 g/mol. The first-order valence-electron chi connectivity index (χ1n) is 7.23. The Morgan fingerprint density at radius 1 is 1.29 bits per heavy atom. The van der Waals surface area contributed by atoms with E-state index in [0.717, 1.165) is 5.56 Å². The van der Waals surface area contributed by atoms with Gasteiger partial charge in [-0.1, -0.05) is 6.07 Å². The van der Waals surface area contributed by atoms with Crippen molar-refractivity contribution in [2.24, 2.45) is 0 Å². The first-order chi connectivity index (χ1) is 11.3. The van der Waals surface area contributed by atoms with Gasteiger partial charge in [0.05, 0.1) is 23.2 Å². The molecule has 1 aromatic carbocycles. The second-order valence-electron chi connectivity index (χ2n) is 5.53. The number of alkyl halides is 2.